The van der Waals surface area contributed by atoms with Crippen LogP contribution in [0.15, 0.2) is 48.5 Å². The maximum atomic E-state index is 13.1. The van der Waals surface area contributed by atoms with Crippen molar-refractivity contribution in [1.29, 1.82) is 0 Å². The maximum absolute atomic E-state index is 13.1. The number of hydrogen-bond donors (Lipinski definition) is 1. The minimum Gasteiger partial charge on any atom is -0.465 e. The van der Waals surface area contributed by atoms with Gasteiger partial charge in [-0.15, -0.1) is 0 Å². The Bertz CT molecular complexity index is 892. The van der Waals surface area contributed by atoms with Crippen molar-refractivity contribution in [3.05, 3.63) is 71.0 Å². The molecule has 1 N–H and O–H groups in total. The lowest BCUT2D eigenvalue weighted by Gasteiger charge is -2.10. The van der Waals surface area contributed by atoms with E-state index in [2.05, 4.69) is 10.1 Å². The highest BCUT2D eigenvalue weighted by atomic mass is 19.1. The third kappa shape index (κ3) is 6.07. The zero-order valence-corrected chi connectivity index (χ0v) is 14.8. The van der Waals surface area contributed by atoms with Crippen LogP contribution >= 0.6 is 0 Å². The first-order valence-corrected chi connectivity index (χ1v) is 7.98. The van der Waals surface area contributed by atoms with E-state index < -0.39 is 30.3 Å². The van der Waals surface area contributed by atoms with Crippen LogP contribution in [0, 0.1) is 12.7 Å². The fourth-order valence-electron chi connectivity index (χ4n) is 2.15. The predicted octanol–water partition coefficient (Wildman–Crippen LogP) is 3.12. The molecule has 2 aromatic rings. The summed E-state index contributed by atoms with van der Waals surface area (Å²) in [5.74, 6) is -2.25. The van der Waals surface area contributed by atoms with Gasteiger partial charge in [-0.2, -0.15) is 0 Å². The minimum absolute atomic E-state index is 0.286. The van der Waals surface area contributed by atoms with Gasteiger partial charge in [0.05, 0.1) is 12.7 Å². The van der Waals surface area contributed by atoms with Gasteiger partial charge >= 0.3 is 11.9 Å². The molecule has 6 nitrogen and oxygen atoms in total. The molecule has 0 fully saturated rings. The van der Waals surface area contributed by atoms with Gasteiger partial charge in [0.1, 0.15) is 5.82 Å². The van der Waals surface area contributed by atoms with E-state index in [1.165, 1.54) is 37.5 Å². The number of esters is 2. The van der Waals surface area contributed by atoms with Crippen molar-refractivity contribution in [1.82, 2.24) is 0 Å². The molecule has 27 heavy (non-hydrogen) atoms. The number of benzene rings is 2. The van der Waals surface area contributed by atoms with E-state index in [9.17, 15) is 18.8 Å². The zero-order valence-electron chi connectivity index (χ0n) is 14.8. The third-order valence-corrected chi connectivity index (χ3v) is 3.54. The van der Waals surface area contributed by atoms with Gasteiger partial charge in [0.25, 0.3) is 5.91 Å². The molecule has 0 bridgehead atoms. The fraction of sp³-hybridized carbons (Fsp3) is 0.150. The molecule has 0 aliphatic carbocycles. The summed E-state index contributed by atoms with van der Waals surface area (Å²) in [5, 5.41) is 2.57. The molecule has 0 heterocycles. The summed E-state index contributed by atoms with van der Waals surface area (Å²) in [6.07, 6.45) is 2.48. The quantitative estimate of drug-likeness (QED) is 0.623. The molecule has 0 unspecified atom stereocenters. The summed E-state index contributed by atoms with van der Waals surface area (Å²) in [5.41, 5.74) is 1.92. The predicted molar refractivity (Wildman–Crippen MR) is 97.5 cm³/mol. The lowest BCUT2D eigenvalue weighted by Crippen LogP contribution is -2.21. The van der Waals surface area contributed by atoms with Crippen LogP contribution in [0.25, 0.3) is 6.08 Å². The van der Waals surface area contributed by atoms with Gasteiger partial charge in [-0.05, 0) is 48.4 Å². The van der Waals surface area contributed by atoms with Crippen molar-refractivity contribution in [2.75, 3.05) is 19.0 Å². The number of halogens is 1. The molecule has 2 aromatic carbocycles. The molecular formula is C20H18FNO5. The van der Waals surface area contributed by atoms with Gasteiger partial charge in [-0.3, -0.25) is 4.79 Å². The Morgan fingerprint density at radius 3 is 2.63 bits per heavy atom. The largest absolute Gasteiger partial charge is 0.465 e. The first kappa shape index (κ1) is 19.8. The summed E-state index contributed by atoms with van der Waals surface area (Å²) in [4.78, 5) is 35.2. The Labute approximate surface area is 155 Å². The summed E-state index contributed by atoms with van der Waals surface area (Å²) >= 11 is 0. The highest BCUT2D eigenvalue weighted by Crippen LogP contribution is 2.17. The van der Waals surface area contributed by atoms with Gasteiger partial charge in [-0.25, -0.2) is 14.0 Å². The van der Waals surface area contributed by atoms with Gasteiger partial charge in [0.2, 0.25) is 0 Å². The molecular weight excluding hydrogens is 353 g/mol. The van der Waals surface area contributed by atoms with Crippen LogP contribution in [0.1, 0.15) is 21.5 Å². The van der Waals surface area contributed by atoms with Gasteiger partial charge in [-0.1, -0.05) is 18.2 Å². The second-order valence-electron chi connectivity index (χ2n) is 5.57. The van der Waals surface area contributed by atoms with E-state index >= 15 is 0 Å². The van der Waals surface area contributed by atoms with Crippen LogP contribution < -0.4 is 5.32 Å². The molecule has 0 spiro atoms. The van der Waals surface area contributed by atoms with E-state index in [4.69, 9.17) is 4.74 Å². The van der Waals surface area contributed by atoms with E-state index in [1.54, 1.807) is 25.1 Å². The van der Waals surface area contributed by atoms with Crippen LogP contribution in [0.2, 0.25) is 0 Å². The summed E-state index contributed by atoms with van der Waals surface area (Å²) < 4.78 is 22.5. The van der Waals surface area contributed by atoms with Crippen molar-refractivity contribution < 1.29 is 28.2 Å². The number of nitrogens with one attached hydrogen (secondary N) is 1. The number of amides is 1. The number of carbonyl (C=O) groups excluding carboxylic acids is 3. The van der Waals surface area contributed by atoms with Gasteiger partial charge in [0, 0.05) is 11.8 Å². The van der Waals surface area contributed by atoms with E-state index in [0.29, 0.717) is 11.3 Å². The highest BCUT2D eigenvalue weighted by Gasteiger charge is 2.11. The van der Waals surface area contributed by atoms with E-state index in [-0.39, 0.29) is 5.56 Å². The molecule has 1 amide bonds. The lowest BCUT2D eigenvalue weighted by atomic mass is 10.1. The average Bonchev–Trinajstić information content (AvgIpc) is 2.66. The number of hydrogen-bond acceptors (Lipinski definition) is 5. The minimum atomic E-state index is -0.741. The van der Waals surface area contributed by atoms with Crippen LogP contribution in [-0.4, -0.2) is 31.6 Å². The Morgan fingerprint density at radius 2 is 1.93 bits per heavy atom. The van der Waals surface area contributed by atoms with Crippen molar-refractivity contribution in [3.63, 3.8) is 0 Å². The molecule has 0 saturated carbocycles. The highest BCUT2D eigenvalue weighted by molar-refractivity contribution is 5.97. The Morgan fingerprint density at radius 1 is 1.15 bits per heavy atom. The first-order chi connectivity index (χ1) is 12.9. The molecule has 2 rings (SSSR count). The summed E-state index contributed by atoms with van der Waals surface area (Å²) in [6.45, 7) is 1.25. The molecule has 0 aliphatic heterocycles. The number of anilines is 1. The van der Waals surface area contributed by atoms with Crippen LogP contribution in [0.5, 0.6) is 0 Å². The van der Waals surface area contributed by atoms with Crippen molar-refractivity contribution in [2.45, 2.75) is 6.92 Å². The normalized spacial score (nSPS) is 10.5. The SMILES string of the molecule is COC(=O)c1ccc(C)c(NC(=O)COC(=O)/C=C/c2cccc(F)c2)c1. The van der Waals surface area contributed by atoms with E-state index in [0.717, 1.165) is 11.6 Å². The Hall–Kier alpha value is -3.48. The molecule has 0 radical (unpaired) electrons. The van der Waals surface area contributed by atoms with Crippen LogP contribution in [0.3, 0.4) is 0 Å². The van der Waals surface area contributed by atoms with Gasteiger partial charge in [0.15, 0.2) is 6.61 Å². The summed E-state index contributed by atoms with van der Waals surface area (Å²) in [6, 6.07) is 10.4. The average molecular weight is 371 g/mol. The number of methoxy groups -OCH3 is 1. The van der Waals surface area contributed by atoms with Crippen molar-refractivity contribution in [2.24, 2.45) is 0 Å². The number of aryl methyl sites for hydroxylation is 1. The first-order valence-electron chi connectivity index (χ1n) is 7.98. The molecule has 0 saturated heterocycles. The zero-order chi connectivity index (χ0) is 19.8. The monoisotopic (exact) mass is 371 g/mol. The van der Waals surface area contributed by atoms with Gasteiger partial charge < -0.3 is 14.8 Å². The molecule has 7 heteroatoms. The molecule has 0 aliphatic rings. The smallest absolute Gasteiger partial charge is 0.337 e. The maximum Gasteiger partial charge on any atom is 0.337 e. The molecule has 140 valence electrons. The third-order valence-electron chi connectivity index (χ3n) is 3.54. The second kappa shape index (κ2) is 9.28. The van der Waals surface area contributed by atoms with Crippen molar-refractivity contribution in [3.8, 4) is 0 Å². The lowest BCUT2D eigenvalue weighted by molar-refractivity contribution is -0.142. The van der Waals surface area contributed by atoms with Crippen LogP contribution in [0.4, 0.5) is 10.1 Å². The topological polar surface area (TPSA) is 81.7 Å². The van der Waals surface area contributed by atoms with Crippen LogP contribution in [-0.2, 0) is 19.1 Å². The molecule has 0 atom stereocenters. The second-order valence-corrected chi connectivity index (χ2v) is 5.57. The number of rotatable bonds is 6. The standard InChI is InChI=1S/C20H18FNO5/c1-13-6-8-15(20(25)26-2)11-17(13)22-18(23)12-27-19(24)9-7-14-4-3-5-16(21)10-14/h3-11H,12H2,1-2H3,(H,22,23)/b9-7+. The number of carbonyl (C=O) groups is 3. The van der Waals surface area contributed by atoms with E-state index in [1.807, 2.05) is 0 Å². The Kier molecular flexibility index (Phi) is 6.82. The summed E-state index contributed by atoms with van der Waals surface area (Å²) in [7, 11) is 1.26. The number of ether oxygens (including phenoxy) is 2. The van der Waals surface area contributed by atoms with Crippen molar-refractivity contribution >= 4 is 29.6 Å². The molecule has 0 aromatic heterocycles. The Balaban J connectivity index is 1.90. The fourth-order valence-corrected chi connectivity index (χ4v) is 2.15.